The van der Waals surface area contributed by atoms with Crippen LogP contribution >= 0.6 is 0 Å². The van der Waals surface area contributed by atoms with Crippen LogP contribution in [0.15, 0.2) is 273 Å². The topological polar surface area (TPSA) is 15.3 Å². The summed E-state index contributed by atoms with van der Waals surface area (Å²) in [5, 5.41) is 19.1. The highest BCUT2D eigenvalue weighted by Crippen LogP contribution is 2.53. The molecule has 0 aromatic heterocycles. The van der Waals surface area contributed by atoms with Gasteiger partial charge in [-0.3, -0.25) is 0 Å². The minimum absolute atomic E-state index is 0.00725. The Morgan fingerprint density at radius 1 is 0.377 bits per heavy atom. The van der Waals surface area contributed by atoms with Crippen molar-refractivity contribution in [1.29, 1.82) is 0 Å². The average molecular weight is 983 g/mol. The molecule has 13 aromatic carbocycles. The van der Waals surface area contributed by atoms with Gasteiger partial charge >= 0.3 is 0 Å². The molecule has 0 saturated heterocycles. The van der Waals surface area contributed by atoms with Crippen molar-refractivity contribution in [3.63, 3.8) is 0 Å². The minimum atomic E-state index is -0.295. The highest BCUT2D eigenvalue weighted by Gasteiger charge is 2.38. The number of nitrogens with one attached hydrogen (secondary N) is 1. The molecule has 2 unspecified atom stereocenters. The molecule has 0 amide bonds. The fraction of sp³-hybridized carbons (Fsp3) is 0.0667. The molecule has 2 atom stereocenters. The van der Waals surface area contributed by atoms with Crippen molar-refractivity contribution < 1.29 is 0 Å². The largest absolute Gasteiger partial charge is 0.377 e. The van der Waals surface area contributed by atoms with Gasteiger partial charge in [-0.2, -0.15) is 0 Å². The van der Waals surface area contributed by atoms with E-state index < -0.39 is 0 Å². The molecule has 2 nitrogen and oxygen atoms in total. The molecule has 0 fully saturated rings. The molecule has 0 spiro atoms. The van der Waals surface area contributed by atoms with Gasteiger partial charge in [0.1, 0.15) is 0 Å². The van der Waals surface area contributed by atoms with Crippen molar-refractivity contribution in [3.05, 3.63) is 295 Å². The molecule has 0 radical (unpaired) electrons. The third-order valence-electron chi connectivity index (χ3n) is 17.0. The molecular formula is C75H54N2. The van der Waals surface area contributed by atoms with Gasteiger partial charge in [0, 0.05) is 39.2 Å². The van der Waals surface area contributed by atoms with E-state index in [0.29, 0.717) is 0 Å². The first kappa shape index (κ1) is 44.9. The lowest BCUT2D eigenvalue weighted by Gasteiger charge is -2.31. The van der Waals surface area contributed by atoms with Crippen LogP contribution in [0.4, 0.5) is 22.7 Å². The van der Waals surface area contributed by atoms with Crippen LogP contribution in [0.25, 0.3) is 92.5 Å². The van der Waals surface area contributed by atoms with Gasteiger partial charge in [0.2, 0.25) is 0 Å². The molecule has 0 bridgehead atoms. The number of hydrogen-bond donors (Lipinski definition) is 1. The van der Waals surface area contributed by atoms with Gasteiger partial charge in [0.25, 0.3) is 0 Å². The molecule has 2 aliphatic carbocycles. The van der Waals surface area contributed by atoms with E-state index in [4.69, 9.17) is 0 Å². The Morgan fingerprint density at radius 2 is 0.883 bits per heavy atom. The summed E-state index contributed by atoms with van der Waals surface area (Å²) >= 11 is 0. The maximum Gasteiger partial charge on any atom is 0.0551 e. The summed E-state index contributed by atoms with van der Waals surface area (Å²) in [5.41, 5.74) is 15.8. The van der Waals surface area contributed by atoms with Gasteiger partial charge in [-0.1, -0.05) is 250 Å². The zero-order valence-corrected chi connectivity index (χ0v) is 43.1. The summed E-state index contributed by atoms with van der Waals surface area (Å²) in [6, 6.07) is 94.6. The lowest BCUT2D eigenvalue weighted by Crippen LogP contribution is -2.27. The van der Waals surface area contributed by atoms with E-state index in [1.807, 2.05) is 0 Å². The highest BCUT2D eigenvalue weighted by molar-refractivity contribution is 6.15. The van der Waals surface area contributed by atoms with Crippen LogP contribution < -0.4 is 10.2 Å². The van der Waals surface area contributed by atoms with E-state index in [-0.39, 0.29) is 17.4 Å². The third kappa shape index (κ3) is 7.39. The molecule has 13 aromatic rings. The van der Waals surface area contributed by atoms with Crippen molar-refractivity contribution in [2.75, 3.05) is 10.2 Å². The molecule has 15 rings (SSSR count). The first-order valence-corrected chi connectivity index (χ1v) is 27.1. The maximum absolute atomic E-state index is 4.14. The van der Waals surface area contributed by atoms with Crippen LogP contribution in [-0.4, -0.2) is 6.04 Å². The van der Waals surface area contributed by atoms with Crippen LogP contribution in [0.5, 0.6) is 0 Å². The highest BCUT2D eigenvalue weighted by atomic mass is 15.1. The number of allylic oxidation sites excluding steroid dienone is 2. The van der Waals surface area contributed by atoms with Gasteiger partial charge in [-0.05, 0) is 140 Å². The second kappa shape index (κ2) is 17.8. The fourth-order valence-electron chi connectivity index (χ4n) is 13.1. The van der Waals surface area contributed by atoms with E-state index in [2.05, 4.69) is 297 Å². The second-order valence-electron chi connectivity index (χ2n) is 21.6. The zero-order chi connectivity index (χ0) is 51.2. The summed E-state index contributed by atoms with van der Waals surface area (Å²) in [5.74, 6) is 0.0353. The Morgan fingerprint density at radius 3 is 1.57 bits per heavy atom. The van der Waals surface area contributed by atoms with Crippen LogP contribution in [0.2, 0.25) is 0 Å². The van der Waals surface area contributed by atoms with Crippen molar-refractivity contribution in [1.82, 2.24) is 0 Å². The van der Waals surface area contributed by atoms with Gasteiger partial charge in [-0.25, -0.2) is 0 Å². The predicted octanol–water partition coefficient (Wildman–Crippen LogP) is 20.3. The molecule has 2 aliphatic rings. The van der Waals surface area contributed by atoms with E-state index in [1.165, 1.54) is 115 Å². The first-order chi connectivity index (χ1) is 37.9. The smallest absolute Gasteiger partial charge is 0.0551 e. The van der Waals surface area contributed by atoms with Crippen molar-refractivity contribution in [3.8, 4) is 22.3 Å². The number of anilines is 4. The Bertz CT molecular complexity index is 4580. The van der Waals surface area contributed by atoms with Gasteiger partial charge in [0.05, 0.1) is 11.7 Å². The summed E-state index contributed by atoms with van der Waals surface area (Å²) in [6.07, 6.45) is 7.27. The summed E-state index contributed by atoms with van der Waals surface area (Å²) in [6.45, 7) is 4.85. The summed E-state index contributed by atoms with van der Waals surface area (Å²) in [4.78, 5) is 2.49. The fourth-order valence-corrected chi connectivity index (χ4v) is 13.1. The SMILES string of the molecule is CC1(C)c2cc(C3C=C(c4cccc5ccccc45)C=CC3Nc3cc4ccccc4c4ccccc34)ccc2-c2ccc(N(c3ccc(-c4cccc5ccccc45)cc3)c3cc4ccccc4c4ccccc34)cc21. The van der Waals surface area contributed by atoms with Crippen LogP contribution in [0, 0.1) is 0 Å². The van der Waals surface area contributed by atoms with Crippen molar-refractivity contribution in [2.24, 2.45) is 0 Å². The molecule has 0 heterocycles. The summed E-state index contributed by atoms with van der Waals surface area (Å²) < 4.78 is 0. The van der Waals surface area contributed by atoms with Crippen molar-refractivity contribution in [2.45, 2.75) is 31.2 Å². The quantitative estimate of drug-likeness (QED) is 0.153. The number of nitrogens with zero attached hydrogens (tertiary/aromatic N) is 1. The lowest BCUT2D eigenvalue weighted by molar-refractivity contribution is 0.656. The predicted molar refractivity (Wildman–Crippen MR) is 329 cm³/mol. The molecular weight excluding hydrogens is 929 g/mol. The Hall–Kier alpha value is -9.50. The van der Waals surface area contributed by atoms with Gasteiger partial charge < -0.3 is 10.2 Å². The average Bonchev–Trinajstić information content (AvgIpc) is 3.83. The van der Waals surface area contributed by atoms with E-state index in [1.54, 1.807) is 0 Å². The van der Waals surface area contributed by atoms with E-state index in [9.17, 15) is 0 Å². The molecule has 0 aliphatic heterocycles. The number of hydrogen-bond acceptors (Lipinski definition) is 2. The molecule has 77 heavy (non-hydrogen) atoms. The van der Waals surface area contributed by atoms with Gasteiger partial charge in [-0.15, -0.1) is 0 Å². The minimum Gasteiger partial charge on any atom is -0.377 e. The standard InChI is InChI=1S/C75H54N2/c1-75(2)70-44-54(69-43-53(60-32-16-22-49-18-4-8-24-58(49)60)36-42-72(69)76-73-45-51-19-5-9-25-61(51)63-27-11-13-29-67(63)73)35-40-65(70)66-41-39-56(47-71(66)75)77(74-46-52-20-6-10-26-62(52)64-28-12-14-30-68(64)74)55-37-33-50(34-38-55)59-31-15-21-48-17-3-7-23-57(48)59/h3-47,69,72,76H,1-2H3. The lowest BCUT2D eigenvalue weighted by atomic mass is 9.78. The molecule has 364 valence electrons. The normalized spacial score (nSPS) is 15.5. The number of fused-ring (bicyclic) bond motifs is 11. The monoisotopic (exact) mass is 982 g/mol. The van der Waals surface area contributed by atoms with Crippen LogP contribution in [-0.2, 0) is 5.41 Å². The van der Waals surface area contributed by atoms with Crippen LogP contribution in [0.1, 0.15) is 42.0 Å². The number of rotatable bonds is 8. The second-order valence-corrected chi connectivity index (χ2v) is 21.6. The Labute approximate surface area is 449 Å². The number of benzene rings is 13. The Kier molecular flexibility index (Phi) is 10.4. The van der Waals surface area contributed by atoms with Gasteiger partial charge in [0.15, 0.2) is 0 Å². The maximum atomic E-state index is 4.14. The third-order valence-corrected chi connectivity index (χ3v) is 17.0. The zero-order valence-electron chi connectivity index (χ0n) is 43.1. The van der Waals surface area contributed by atoms with Crippen molar-refractivity contribution >= 4 is 93.0 Å². The molecule has 2 heteroatoms. The first-order valence-electron chi connectivity index (χ1n) is 27.1. The summed E-state index contributed by atoms with van der Waals surface area (Å²) in [7, 11) is 0. The van der Waals surface area contributed by atoms with Crippen LogP contribution in [0.3, 0.4) is 0 Å². The Balaban J connectivity index is 0.856. The van der Waals surface area contributed by atoms with E-state index in [0.717, 1.165) is 22.7 Å². The van der Waals surface area contributed by atoms with E-state index >= 15 is 0 Å². The molecule has 1 N–H and O–H groups in total. The molecule has 0 saturated carbocycles.